The molecule has 19 heavy (non-hydrogen) atoms. The fraction of sp³-hybridized carbons (Fsp3) is 0.182. The molecular weight excluding hydrogens is 300 g/mol. The minimum Gasteiger partial charge on any atom is -0.347 e. The fourth-order valence-corrected chi connectivity index (χ4v) is 2.19. The molecule has 1 N–H and O–H groups in total. The van der Waals surface area contributed by atoms with E-state index in [-0.39, 0.29) is 4.90 Å². The number of alkyl halides is 2. The van der Waals surface area contributed by atoms with Gasteiger partial charge >= 0.3 is 0 Å². The Balaban J connectivity index is 2.74. The molecule has 0 atom stereocenters. The molecule has 4 nitrogen and oxygen atoms in total. The van der Waals surface area contributed by atoms with Crippen molar-refractivity contribution in [3.63, 3.8) is 0 Å². The molecule has 0 aliphatic carbocycles. The third-order valence-electron chi connectivity index (χ3n) is 1.97. The van der Waals surface area contributed by atoms with E-state index in [1.807, 2.05) is 5.32 Å². The molecule has 0 radical (unpaired) electrons. The second-order valence-corrected chi connectivity index (χ2v) is 5.71. The van der Waals surface area contributed by atoms with Crippen LogP contribution in [0.2, 0.25) is 5.02 Å². The SMILES string of the molecule is O=C(/C=C/S(=O)(=O)c1ccc(Cl)cc1)NCC(F)F. The quantitative estimate of drug-likeness (QED) is 0.846. The summed E-state index contributed by atoms with van der Waals surface area (Å²) in [5.74, 6) is -0.905. The highest BCUT2D eigenvalue weighted by molar-refractivity contribution is 7.94. The van der Waals surface area contributed by atoms with Gasteiger partial charge in [-0.05, 0) is 24.3 Å². The maximum absolute atomic E-state index is 11.8. The smallest absolute Gasteiger partial charge is 0.255 e. The van der Waals surface area contributed by atoms with Crippen LogP contribution in [-0.4, -0.2) is 27.3 Å². The van der Waals surface area contributed by atoms with Crippen molar-refractivity contribution in [1.82, 2.24) is 5.32 Å². The molecular formula is C11H10ClF2NO3S. The number of carbonyl (C=O) groups excluding carboxylic acids is 1. The number of amides is 1. The molecule has 0 bridgehead atoms. The van der Waals surface area contributed by atoms with Gasteiger partial charge in [-0.25, -0.2) is 17.2 Å². The van der Waals surface area contributed by atoms with Gasteiger partial charge in [0.1, 0.15) is 0 Å². The predicted molar refractivity (Wildman–Crippen MR) is 66.8 cm³/mol. The van der Waals surface area contributed by atoms with E-state index >= 15 is 0 Å². The fourth-order valence-electron chi connectivity index (χ4n) is 1.09. The maximum Gasteiger partial charge on any atom is 0.255 e. The Kier molecular flexibility index (Phi) is 5.44. The van der Waals surface area contributed by atoms with Crippen molar-refractivity contribution in [3.8, 4) is 0 Å². The van der Waals surface area contributed by atoms with Gasteiger partial charge in [0.25, 0.3) is 6.43 Å². The van der Waals surface area contributed by atoms with Crippen LogP contribution in [0, 0.1) is 0 Å². The second-order valence-electron chi connectivity index (χ2n) is 3.44. The lowest BCUT2D eigenvalue weighted by Crippen LogP contribution is -2.26. The van der Waals surface area contributed by atoms with E-state index in [1.165, 1.54) is 24.3 Å². The van der Waals surface area contributed by atoms with Gasteiger partial charge in [-0.2, -0.15) is 0 Å². The minimum absolute atomic E-state index is 0.0465. The summed E-state index contributed by atoms with van der Waals surface area (Å²) in [5, 5.41) is 2.88. The first-order valence-corrected chi connectivity index (χ1v) is 6.98. The summed E-state index contributed by atoms with van der Waals surface area (Å²) in [5.41, 5.74) is 0. The van der Waals surface area contributed by atoms with E-state index in [0.29, 0.717) is 16.5 Å². The molecule has 0 aromatic heterocycles. The van der Waals surface area contributed by atoms with Crippen molar-refractivity contribution in [2.24, 2.45) is 0 Å². The molecule has 0 aliphatic rings. The Labute approximate surface area is 114 Å². The monoisotopic (exact) mass is 309 g/mol. The van der Waals surface area contributed by atoms with Crippen molar-refractivity contribution in [2.45, 2.75) is 11.3 Å². The first-order chi connectivity index (χ1) is 8.81. The number of rotatable bonds is 5. The molecule has 1 aromatic carbocycles. The molecule has 1 aromatic rings. The summed E-state index contributed by atoms with van der Waals surface area (Å²) >= 11 is 5.61. The lowest BCUT2D eigenvalue weighted by atomic mass is 10.4. The van der Waals surface area contributed by atoms with Crippen LogP contribution in [0.1, 0.15) is 0 Å². The molecule has 8 heteroatoms. The van der Waals surface area contributed by atoms with Gasteiger partial charge in [-0.3, -0.25) is 4.79 Å². The number of hydrogen-bond acceptors (Lipinski definition) is 3. The van der Waals surface area contributed by atoms with Gasteiger partial charge < -0.3 is 5.32 Å². The molecule has 0 saturated carbocycles. The molecule has 104 valence electrons. The van der Waals surface area contributed by atoms with Crippen molar-refractivity contribution < 1.29 is 22.0 Å². The standard InChI is InChI=1S/C11H10ClF2NO3S/c12-8-1-3-9(4-2-8)19(17,18)6-5-11(16)15-7-10(13)14/h1-6,10H,7H2,(H,15,16)/b6-5+. The zero-order valence-electron chi connectivity index (χ0n) is 9.52. The molecule has 0 heterocycles. The highest BCUT2D eigenvalue weighted by Gasteiger charge is 2.11. The molecule has 0 fully saturated rings. The number of carbonyl (C=O) groups is 1. The third kappa shape index (κ3) is 5.35. The number of hydrogen-bond donors (Lipinski definition) is 1. The third-order valence-corrected chi connectivity index (χ3v) is 3.65. The average Bonchev–Trinajstić information content (AvgIpc) is 2.34. The number of halogens is 3. The first-order valence-electron chi connectivity index (χ1n) is 5.06. The Morgan fingerprint density at radius 3 is 2.42 bits per heavy atom. The van der Waals surface area contributed by atoms with Crippen LogP contribution < -0.4 is 5.32 Å². The highest BCUT2D eigenvalue weighted by atomic mass is 35.5. The Morgan fingerprint density at radius 1 is 1.32 bits per heavy atom. The van der Waals surface area contributed by atoms with Gasteiger partial charge in [-0.1, -0.05) is 11.6 Å². The van der Waals surface area contributed by atoms with E-state index in [1.54, 1.807) is 0 Å². The number of nitrogens with one attached hydrogen (secondary N) is 1. The van der Waals surface area contributed by atoms with E-state index in [9.17, 15) is 22.0 Å². The van der Waals surface area contributed by atoms with Gasteiger partial charge in [0.15, 0.2) is 9.84 Å². The summed E-state index contributed by atoms with van der Waals surface area (Å²) in [6.07, 6.45) is -2.00. The molecule has 1 rings (SSSR count). The molecule has 0 spiro atoms. The molecule has 0 saturated heterocycles. The van der Waals surface area contributed by atoms with Crippen molar-refractivity contribution in [3.05, 3.63) is 40.8 Å². The minimum atomic E-state index is -3.80. The Bertz CT molecular complexity index is 570. The summed E-state index contributed by atoms with van der Waals surface area (Å²) < 4.78 is 47.1. The van der Waals surface area contributed by atoms with Crippen LogP contribution in [0.25, 0.3) is 0 Å². The van der Waals surface area contributed by atoms with Crippen LogP contribution in [-0.2, 0) is 14.6 Å². The van der Waals surface area contributed by atoms with E-state index in [2.05, 4.69) is 0 Å². The molecule has 0 aliphatic heterocycles. The van der Waals surface area contributed by atoms with Crippen LogP contribution in [0.4, 0.5) is 8.78 Å². The van der Waals surface area contributed by atoms with Crippen LogP contribution in [0.15, 0.2) is 40.6 Å². The van der Waals surface area contributed by atoms with E-state index in [4.69, 9.17) is 11.6 Å². The van der Waals surface area contributed by atoms with Crippen LogP contribution in [0.5, 0.6) is 0 Å². The lowest BCUT2D eigenvalue weighted by molar-refractivity contribution is -0.117. The van der Waals surface area contributed by atoms with Crippen molar-refractivity contribution >= 4 is 27.3 Å². The maximum atomic E-state index is 11.8. The normalized spacial score (nSPS) is 12.0. The van der Waals surface area contributed by atoms with Gasteiger partial charge in [0, 0.05) is 16.5 Å². The van der Waals surface area contributed by atoms with Gasteiger partial charge in [0.2, 0.25) is 5.91 Å². The topological polar surface area (TPSA) is 63.2 Å². The van der Waals surface area contributed by atoms with Crippen LogP contribution >= 0.6 is 11.6 Å². The molecule has 0 unspecified atom stereocenters. The van der Waals surface area contributed by atoms with Crippen molar-refractivity contribution in [2.75, 3.05) is 6.54 Å². The van der Waals surface area contributed by atoms with Crippen molar-refractivity contribution in [1.29, 1.82) is 0 Å². The summed E-state index contributed by atoms with van der Waals surface area (Å²) in [6.45, 7) is -0.829. The van der Waals surface area contributed by atoms with Gasteiger partial charge in [-0.15, -0.1) is 0 Å². The zero-order chi connectivity index (χ0) is 14.5. The van der Waals surface area contributed by atoms with Crippen LogP contribution in [0.3, 0.4) is 0 Å². The van der Waals surface area contributed by atoms with E-state index in [0.717, 1.165) is 0 Å². The Hall–Kier alpha value is -1.47. The number of sulfone groups is 1. The highest BCUT2D eigenvalue weighted by Crippen LogP contribution is 2.15. The summed E-state index contributed by atoms with van der Waals surface area (Å²) in [6, 6.07) is 5.33. The zero-order valence-corrected chi connectivity index (χ0v) is 11.1. The summed E-state index contributed by atoms with van der Waals surface area (Å²) in [4.78, 5) is 11.0. The predicted octanol–water partition coefficient (Wildman–Crippen LogP) is 2.01. The number of benzene rings is 1. The Morgan fingerprint density at radius 2 is 1.89 bits per heavy atom. The average molecular weight is 310 g/mol. The summed E-state index contributed by atoms with van der Waals surface area (Å²) in [7, 11) is -3.80. The first kappa shape index (κ1) is 15.6. The second kappa shape index (κ2) is 6.63. The largest absolute Gasteiger partial charge is 0.347 e. The molecule has 1 amide bonds. The van der Waals surface area contributed by atoms with Gasteiger partial charge in [0.05, 0.1) is 11.4 Å². The van der Waals surface area contributed by atoms with E-state index < -0.39 is 28.7 Å². The lowest BCUT2D eigenvalue weighted by Gasteiger charge is -2.01.